The molecule has 2 aliphatic heterocycles. The Kier molecular flexibility index (Phi) is 9.22. The first-order valence-electron chi connectivity index (χ1n) is 12.4. The Hall–Kier alpha value is -1.60. The van der Waals surface area contributed by atoms with Gasteiger partial charge in [0.05, 0.1) is 5.56 Å². The Morgan fingerprint density at radius 3 is 2.33 bits per heavy atom. The second-order valence-corrected chi connectivity index (χ2v) is 10.3. The number of hydrogen-bond donors (Lipinski definition) is 1. The van der Waals surface area contributed by atoms with Crippen molar-refractivity contribution < 1.29 is 27.8 Å². The van der Waals surface area contributed by atoms with E-state index in [1.807, 2.05) is 0 Å². The molecule has 0 saturated carbocycles. The van der Waals surface area contributed by atoms with Gasteiger partial charge in [-0.05, 0) is 86.9 Å². The van der Waals surface area contributed by atoms with Crippen molar-refractivity contribution in [2.24, 2.45) is 17.8 Å². The maximum Gasteiger partial charge on any atom is 0.416 e. The molecular formula is C26H38F3NO3. The average molecular weight is 470 g/mol. The van der Waals surface area contributed by atoms with Gasteiger partial charge in [-0.15, -0.1) is 0 Å². The molecule has 1 aromatic rings. The van der Waals surface area contributed by atoms with Crippen molar-refractivity contribution >= 4 is 5.97 Å². The molecule has 0 spiro atoms. The number of carbonyl (C=O) groups is 1. The summed E-state index contributed by atoms with van der Waals surface area (Å²) >= 11 is 0. The maximum atomic E-state index is 13.1. The van der Waals surface area contributed by atoms with Gasteiger partial charge in [0.15, 0.2) is 0 Å². The summed E-state index contributed by atoms with van der Waals surface area (Å²) in [6.07, 6.45) is 2.56. The molecular weight excluding hydrogens is 431 g/mol. The van der Waals surface area contributed by atoms with Crippen LogP contribution in [0.1, 0.15) is 82.4 Å². The van der Waals surface area contributed by atoms with Crippen molar-refractivity contribution in [3.05, 3.63) is 35.4 Å². The number of benzene rings is 1. The predicted octanol–water partition coefficient (Wildman–Crippen LogP) is 6.55. The van der Waals surface area contributed by atoms with E-state index in [2.05, 4.69) is 18.7 Å². The van der Waals surface area contributed by atoms with E-state index in [1.165, 1.54) is 0 Å². The van der Waals surface area contributed by atoms with Gasteiger partial charge < -0.3 is 9.84 Å². The first-order valence-corrected chi connectivity index (χ1v) is 12.4. The fourth-order valence-corrected chi connectivity index (χ4v) is 5.46. The fraction of sp³-hybridized carbons (Fsp3) is 0.731. The second-order valence-electron chi connectivity index (χ2n) is 10.3. The van der Waals surface area contributed by atoms with E-state index < -0.39 is 17.7 Å². The Morgan fingerprint density at radius 1 is 1.09 bits per heavy atom. The number of alkyl halides is 3. The van der Waals surface area contributed by atoms with Crippen LogP contribution in [0.5, 0.6) is 0 Å². The quantitative estimate of drug-likeness (QED) is 0.445. The van der Waals surface area contributed by atoms with E-state index in [0.29, 0.717) is 24.3 Å². The van der Waals surface area contributed by atoms with Gasteiger partial charge in [0, 0.05) is 31.7 Å². The van der Waals surface area contributed by atoms with Gasteiger partial charge in [0.2, 0.25) is 0 Å². The summed E-state index contributed by atoms with van der Waals surface area (Å²) in [5.41, 5.74) is 0.217. The van der Waals surface area contributed by atoms with E-state index in [1.54, 1.807) is 12.1 Å². The lowest BCUT2D eigenvalue weighted by Crippen LogP contribution is -2.45. The van der Waals surface area contributed by atoms with Crippen LogP contribution in [0.2, 0.25) is 0 Å². The van der Waals surface area contributed by atoms with Crippen LogP contribution in [-0.2, 0) is 15.7 Å². The van der Waals surface area contributed by atoms with Crippen LogP contribution in [0.25, 0.3) is 0 Å². The van der Waals surface area contributed by atoms with Crippen molar-refractivity contribution in [1.29, 1.82) is 0 Å². The van der Waals surface area contributed by atoms with Crippen molar-refractivity contribution in [1.82, 2.24) is 4.90 Å². The van der Waals surface area contributed by atoms with Crippen molar-refractivity contribution in [3.8, 4) is 0 Å². The molecule has 7 heteroatoms. The molecule has 0 radical (unpaired) electrons. The minimum Gasteiger partial charge on any atom is -0.481 e. The molecule has 0 unspecified atom stereocenters. The Bertz CT molecular complexity index is 744. The molecule has 1 aromatic carbocycles. The van der Waals surface area contributed by atoms with Gasteiger partial charge in [-0.2, -0.15) is 13.2 Å². The summed E-state index contributed by atoms with van der Waals surface area (Å²) in [5.74, 6) is 0.412. The van der Waals surface area contributed by atoms with Crippen molar-refractivity contribution in [2.75, 3.05) is 19.8 Å². The lowest BCUT2D eigenvalue weighted by atomic mass is 9.81. The molecule has 33 heavy (non-hydrogen) atoms. The van der Waals surface area contributed by atoms with E-state index >= 15 is 0 Å². The van der Waals surface area contributed by atoms with Crippen LogP contribution < -0.4 is 0 Å². The van der Waals surface area contributed by atoms with E-state index in [-0.39, 0.29) is 18.4 Å². The summed E-state index contributed by atoms with van der Waals surface area (Å²) in [4.78, 5) is 13.9. The normalized spacial score (nSPS) is 24.2. The first-order chi connectivity index (χ1) is 15.6. The molecule has 3 rings (SSSR count). The van der Waals surface area contributed by atoms with E-state index in [4.69, 9.17) is 4.74 Å². The topological polar surface area (TPSA) is 49.8 Å². The third kappa shape index (κ3) is 7.71. The molecule has 2 aliphatic rings. The number of halogens is 3. The number of carboxylic acids is 1. The SMILES string of the molecule is CC(C)CC[C@H](CC1CCOCC1)N1CC[C@@H](CC(=O)O)C[C@H]1c1ccc(C(F)(F)F)cc1. The number of aliphatic carboxylic acids is 1. The summed E-state index contributed by atoms with van der Waals surface area (Å²) < 4.78 is 44.9. The van der Waals surface area contributed by atoms with Gasteiger partial charge in [0.1, 0.15) is 0 Å². The zero-order chi connectivity index (χ0) is 24.0. The summed E-state index contributed by atoms with van der Waals surface area (Å²) in [7, 11) is 0. The smallest absolute Gasteiger partial charge is 0.416 e. The Labute approximate surface area is 195 Å². The summed E-state index contributed by atoms with van der Waals surface area (Å²) in [6, 6.07) is 5.80. The molecule has 186 valence electrons. The van der Waals surface area contributed by atoms with Crippen LogP contribution >= 0.6 is 0 Å². The number of rotatable bonds is 9. The molecule has 1 N–H and O–H groups in total. The number of likely N-dealkylation sites (tertiary alicyclic amines) is 1. The number of piperidine rings is 1. The third-order valence-corrected chi connectivity index (χ3v) is 7.33. The molecule has 2 heterocycles. The highest BCUT2D eigenvalue weighted by atomic mass is 19.4. The monoisotopic (exact) mass is 469 g/mol. The third-order valence-electron chi connectivity index (χ3n) is 7.33. The lowest BCUT2D eigenvalue weighted by molar-refractivity contribution is -0.139. The molecule has 0 amide bonds. The summed E-state index contributed by atoms with van der Waals surface area (Å²) in [5, 5.41) is 9.33. The number of hydrogen-bond acceptors (Lipinski definition) is 3. The zero-order valence-corrected chi connectivity index (χ0v) is 19.8. The number of ether oxygens (including phenoxy) is 1. The highest BCUT2D eigenvalue weighted by Gasteiger charge is 2.36. The van der Waals surface area contributed by atoms with Crippen molar-refractivity contribution in [2.45, 2.75) is 83.5 Å². The molecule has 2 fully saturated rings. The van der Waals surface area contributed by atoms with Gasteiger partial charge in [-0.3, -0.25) is 9.69 Å². The molecule has 0 bridgehead atoms. The van der Waals surface area contributed by atoms with Crippen LogP contribution in [0.3, 0.4) is 0 Å². The molecule has 0 aliphatic carbocycles. The first kappa shape index (κ1) is 26.0. The average Bonchev–Trinajstić information content (AvgIpc) is 2.76. The highest BCUT2D eigenvalue weighted by Crippen LogP contribution is 2.41. The maximum absolute atomic E-state index is 13.1. The van der Waals surface area contributed by atoms with Gasteiger partial charge >= 0.3 is 12.1 Å². The van der Waals surface area contributed by atoms with Crippen molar-refractivity contribution in [3.63, 3.8) is 0 Å². The molecule has 0 aromatic heterocycles. The minimum atomic E-state index is -4.36. The second kappa shape index (κ2) is 11.7. The predicted molar refractivity (Wildman–Crippen MR) is 122 cm³/mol. The number of carboxylic acid groups (broad SMARTS) is 1. The molecule has 2 saturated heterocycles. The van der Waals surface area contributed by atoms with Gasteiger partial charge in [-0.1, -0.05) is 26.0 Å². The van der Waals surface area contributed by atoms with Crippen LogP contribution in [0.4, 0.5) is 13.2 Å². The zero-order valence-electron chi connectivity index (χ0n) is 19.8. The molecule has 3 atom stereocenters. The van der Waals surface area contributed by atoms with Crippen LogP contribution in [0, 0.1) is 17.8 Å². The fourth-order valence-electron chi connectivity index (χ4n) is 5.46. The lowest BCUT2D eigenvalue weighted by Gasteiger charge is -2.45. The highest BCUT2D eigenvalue weighted by molar-refractivity contribution is 5.67. The van der Waals surface area contributed by atoms with E-state index in [9.17, 15) is 23.1 Å². The Morgan fingerprint density at radius 2 is 1.76 bits per heavy atom. The van der Waals surface area contributed by atoms with Crippen LogP contribution in [0.15, 0.2) is 24.3 Å². The van der Waals surface area contributed by atoms with Crippen LogP contribution in [-0.4, -0.2) is 41.8 Å². The number of nitrogens with zero attached hydrogens (tertiary/aromatic N) is 1. The minimum absolute atomic E-state index is 0.0415. The molecule has 4 nitrogen and oxygen atoms in total. The standard InChI is InChI=1S/C26H38F3NO3/c1-18(2)3-8-23(15-19-10-13-33-14-11-19)30-12-9-20(17-25(31)32)16-24(30)21-4-6-22(7-5-21)26(27,28)29/h4-7,18-20,23-24H,3,8-17H2,1-2H3,(H,31,32)/t20-,23-,24+/m1/s1. The van der Waals surface area contributed by atoms with Gasteiger partial charge in [-0.25, -0.2) is 0 Å². The van der Waals surface area contributed by atoms with E-state index in [0.717, 1.165) is 76.0 Å². The largest absolute Gasteiger partial charge is 0.481 e. The van der Waals surface area contributed by atoms with Gasteiger partial charge in [0.25, 0.3) is 0 Å². The summed E-state index contributed by atoms with van der Waals surface area (Å²) in [6.45, 7) is 6.82. The Balaban J connectivity index is 1.85.